The van der Waals surface area contributed by atoms with Crippen LogP contribution in [0.15, 0.2) is 24.3 Å². The van der Waals surface area contributed by atoms with E-state index in [1.54, 1.807) is 6.92 Å². The summed E-state index contributed by atoms with van der Waals surface area (Å²) in [6.07, 6.45) is -4.67. The van der Waals surface area contributed by atoms with Gasteiger partial charge in [0.1, 0.15) is 6.61 Å². The summed E-state index contributed by atoms with van der Waals surface area (Å²) >= 11 is 0. The Balaban J connectivity index is 2.41. The zero-order chi connectivity index (χ0) is 19.1. The molecule has 136 valence electrons. The third-order valence-corrected chi connectivity index (χ3v) is 3.98. The summed E-state index contributed by atoms with van der Waals surface area (Å²) in [4.78, 5) is 28.8. The highest BCUT2D eigenvalue weighted by Gasteiger charge is 2.38. The number of esters is 2. The number of carbonyl (C=O) groups is 2. The molecule has 0 bridgehead atoms. The number of benzene rings is 1. The second-order valence-corrected chi connectivity index (χ2v) is 5.61. The summed E-state index contributed by atoms with van der Waals surface area (Å²) in [7, 11) is 0. The summed E-state index contributed by atoms with van der Waals surface area (Å²) in [5.74, 6) is -1.66. The second kappa shape index (κ2) is 6.44. The largest absolute Gasteiger partial charge is 0.462 e. The van der Waals surface area contributed by atoms with Gasteiger partial charge in [-0.1, -0.05) is 18.2 Å². The zero-order valence-electron chi connectivity index (χ0n) is 13.9. The third-order valence-electron chi connectivity index (χ3n) is 3.98. The molecule has 2 heterocycles. The van der Waals surface area contributed by atoms with Crippen molar-refractivity contribution in [3.63, 3.8) is 0 Å². The van der Waals surface area contributed by atoms with Gasteiger partial charge in [-0.2, -0.15) is 13.2 Å². The van der Waals surface area contributed by atoms with E-state index in [2.05, 4.69) is 4.98 Å². The molecule has 0 amide bonds. The zero-order valence-corrected chi connectivity index (χ0v) is 13.9. The van der Waals surface area contributed by atoms with Crippen LogP contribution in [0.1, 0.15) is 44.6 Å². The lowest BCUT2D eigenvalue weighted by Crippen LogP contribution is -2.16. The number of ether oxygens (including phenoxy) is 2. The van der Waals surface area contributed by atoms with Gasteiger partial charge < -0.3 is 9.47 Å². The number of fused-ring (bicyclic) bond motifs is 1. The molecule has 1 aliphatic heterocycles. The van der Waals surface area contributed by atoms with Crippen molar-refractivity contribution >= 4 is 11.9 Å². The number of cyclic esters (lactones) is 1. The third kappa shape index (κ3) is 2.91. The fraction of sp³-hybridized carbons (Fsp3) is 0.278. The van der Waals surface area contributed by atoms with Crippen LogP contribution in [0.5, 0.6) is 0 Å². The number of rotatable bonds is 3. The Bertz CT molecular complexity index is 906. The van der Waals surface area contributed by atoms with Crippen LogP contribution in [0.25, 0.3) is 11.1 Å². The number of alkyl halides is 3. The predicted octanol–water partition coefficient (Wildman–Crippen LogP) is 3.92. The predicted molar refractivity (Wildman–Crippen MR) is 84.5 cm³/mol. The minimum absolute atomic E-state index is 0.0279. The Labute approximate surface area is 146 Å². The van der Waals surface area contributed by atoms with Gasteiger partial charge in [0.2, 0.25) is 0 Å². The Hall–Kier alpha value is -2.90. The van der Waals surface area contributed by atoms with Crippen molar-refractivity contribution in [2.45, 2.75) is 26.6 Å². The van der Waals surface area contributed by atoms with Crippen molar-refractivity contribution in [2.75, 3.05) is 6.61 Å². The molecule has 0 atom stereocenters. The molecule has 3 rings (SSSR count). The quantitative estimate of drug-likeness (QED) is 0.772. The number of aromatic nitrogens is 1. The van der Waals surface area contributed by atoms with E-state index in [0.717, 1.165) is 6.07 Å². The molecule has 1 aliphatic rings. The van der Waals surface area contributed by atoms with E-state index < -0.39 is 23.7 Å². The number of aryl methyl sites for hydroxylation is 1. The molecule has 0 saturated heterocycles. The van der Waals surface area contributed by atoms with Gasteiger partial charge >= 0.3 is 18.1 Å². The standard InChI is InChI=1S/C18H14F3NO4/c1-3-25-16(23)13-9(2)22-12-8-26-17(24)15(12)14(13)10-6-4-5-7-11(10)18(19,20)21/h4-7H,3,8H2,1-2H3. The van der Waals surface area contributed by atoms with Gasteiger partial charge in [0.05, 0.1) is 34.7 Å². The first-order chi connectivity index (χ1) is 12.3. The van der Waals surface area contributed by atoms with Gasteiger partial charge in [-0.25, -0.2) is 9.59 Å². The molecule has 2 aromatic rings. The fourth-order valence-corrected chi connectivity index (χ4v) is 2.97. The van der Waals surface area contributed by atoms with E-state index in [4.69, 9.17) is 9.47 Å². The highest BCUT2D eigenvalue weighted by Crippen LogP contribution is 2.42. The van der Waals surface area contributed by atoms with E-state index in [9.17, 15) is 22.8 Å². The molecule has 0 N–H and O–H groups in total. The van der Waals surface area contributed by atoms with Crippen LogP contribution in [0, 0.1) is 6.92 Å². The first-order valence-electron chi connectivity index (χ1n) is 7.80. The van der Waals surface area contributed by atoms with Gasteiger partial charge in [0.15, 0.2) is 0 Å². The number of carbonyl (C=O) groups excluding carboxylic acids is 2. The van der Waals surface area contributed by atoms with E-state index in [-0.39, 0.29) is 46.9 Å². The molecule has 0 unspecified atom stereocenters. The van der Waals surface area contributed by atoms with Gasteiger partial charge in [-0.15, -0.1) is 0 Å². The maximum Gasteiger partial charge on any atom is 0.417 e. The van der Waals surface area contributed by atoms with Crippen LogP contribution in [-0.4, -0.2) is 23.5 Å². The van der Waals surface area contributed by atoms with Crippen LogP contribution in [0.3, 0.4) is 0 Å². The Morgan fingerprint density at radius 1 is 1.27 bits per heavy atom. The molecule has 0 fully saturated rings. The molecule has 0 spiro atoms. The van der Waals surface area contributed by atoms with Crippen LogP contribution >= 0.6 is 0 Å². The van der Waals surface area contributed by atoms with Crippen molar-refractivity contribution in [1.29, 1.82) is 0 Å². The summed E-state index contributed by atoms with van der Waals surface area (Å²) in [5, 5.41) is 0. The number of pyridine rings is 1. The van der Waals surface area contributed by atoms with Gasteiger partial charge in [0.25, 0.3) is 0 Å². The number of nitrogens with zero attached hydrogens (tertiary/aromatic N) is 1. The summed E-state index contributed by atoms with van der Waals surface area (Å²) in [6.45, 7) is 2.93. The van der Waals surface area contributed by atoms with Gasteiger partial charge in [-0.05, 0) is 25.5 Å². The lowest BCUT2D eigenvalue weighted by atomic mass is 9.90. The highest BCUT2D eigenvalue weighted by molar-refractivity contribution is 6.08. The minimum Gasteiger partial charge on any atom is -0.462 e. The van der Waals surface area contributed by atoms with Crippen LogP contribution in [-0.2, 0) is 22.3 Å². The topological polar surface area (TPSA) is 65.5 Å². The lowest BCUT2D eigenvalue weighted by molar-refractivity contribution is -0.137. The number of hydrogen-bond acceptors (Lipinski definition) is 5. The maximum absolute atomic E-state index is 13.5. The van der Waals surface area contributed by atoms with Crippen molar-refractivity contribution in [1.82, 2.24) is 4.98 Å². The van der Waals surface area contributed by atoms with Gasteiger partial charge in [-0.3, -0.25) is 4.98 Å². The monoisotopic (exact) mass is 365 g/mol. The Morgan fingerprint density at radius 2 is 1.96 bits per heavy atom. The van der Waals surface area contributed by atoms with Gasteiger partial charge in [0, 0.05) is 5.56 Å². The average molecular weight is 365 g/mol. The van der Waals surface area contributed by atoms with Crippen molar-refractivity contribution in [3.8, 4) is 11.1 Å². The fourth-order valence-electron chi connectivity index (χ4n) is 2.97. The van der Waals surface area contributed by atoms with E-state index in [1.807, 2.05) is 0 Å². The van der Waals surface area contributed by atoms with E-state index >= 15 is 0 Å². The molecule has 5 nitrogen and oxygen atoms in total. The van der Waals surface area contributed by atoms with E-state index in [0.29, 0.717) is 0 Å². The molecule has 1 aromatic heterocycles. The molecule has 1 aromatic carbocycles. The minimum atomic E-state index is -4.67. The average Bonchev–Trinajstić information content (AvgIpc) is 2.93. The first-order valence-corrected chi connectivity index (χ1v) is 7.80. The second-order valence-electron chi connectivity index (χ2n) is 5.61. The highest BCUT2D eigenvalue weighted by atomic mass is 19.4. The lowest BCUT2D eigenvalue weighted by Gasteiger charge is -2.18. The van der Waals surface area contributed by atoms with Crippen LogP contribution in [0.4, 0.5) is 13.2 Å². The smallest absolute Gasteiger partial charge is 0.417 e. The molecular formula is C18H14F3NO4. The normalized spacial score (nSPS) is 13.3. The SMILES string of the molecule is CCOC(=O)c1c(C)nc2c(c1-c1ccccc1C(F)(F)F)C(=O)OC2. The summed E-state index contributed by atoms with van der Waals surface area (Å²) in [5.41, 5.74) is -1.32. The molecule has 8 heteroatoms. The van der Waals surface area contributed by atoms with Crippen molar-refractivity contribution < 1.29 is 32.2 Å². The molecule has 0 saturated carbocycles. The summed E-state index contributed by atoms with van der Waals surface area (Å²) in [6, 6.07) is 4.75. The van der Waals surface area contributed by atoms with Crippen LogP contribution in [0.2, 0.25) is 0 Å². The molecular weight excluding hydrogens is 351 g/mol. The molecule has 0 radical (unpaired) electrons. The maximum atomic E-state index is 13.5. The van der Waals surface area contributed by atoms with Crippen molar-refractivity contribution in [3.05, 3.63) is 52.3 Å². The van der Waals surface area contributed by atoms with Crippen LogP contribution < -0.4 is 0 Å². The Morgan fingerprint density at radius 3 is 2.62 bits per heavy atom. The Kier molecular flexibility index (Phi) is 4.43. The first kappa shape index (κ1) is 17.9. The van der Waals surface area contributed by atoms with Crippen molar-refractivity contribution in [2.24, 2.45) is 0 Å². The van der Waals surface area contributed by atoms with E-state index in [1.165, 1.54) is 25.1 Å². The molecule has 26 heavy (non-hydrogen) atoms. The number of hydrogen-bond donors (Lipinski definition) is 0. The number of halogens is 3. The molecule has 0 aliphatic carbocycles. The summed E-state index contributed by atoms with van der Waals surface area (Å²) < 4.78 is 50.5.